The van der Waals surface area contributed by atoms with Gasteiger partial charge < -0.3 is 10.1 Å². The van der Waals surface area contributed by atoms with E-state index in [2.05, 4.69) is 15.0 Å². The van der Waals surface area contributed by atoms with E-state index in [9.17, 15) is 13.2 Å². The first-order chi connectivity index (χ1) is 12.9. The monoisotopic (exact) mass is 389 g/mol. The largest absolute Gasteiger partial charge is 0.457 e. The van der Waals surface area contributed by atoms with Gasteiger partial charge in [0, 0.05) is 24.8 Å². The maximum atomic E-state index is 12.6. The molecule has 1 aliphatic carbocycles. The van der Waals surface area contributed by atoms with E-state index in [1.54, 1.807) is 12.1 Å². The molecule has 7 nitrogen and oxygen atoms in total. The van der Waals surface area contributed by atoms with Crippen LogP contribution in [0.15, 0.2) is 48.7 Å². The number of hydrogen-bond acceptors (Lipinski definition) is 5. The third kappa shape index (κ3) is 5.77. The van der Waals surface area contributed by atoms with E-state index >= 15 is 0 Å². The average molecular weight is 389 g/mol. The Labute approximate surface area is 159 Å². The molecule has 0 saturated heterocycles. The molecule has 2 atom stereocenters. The Morgan fingerprint density at radius 1 is 1.19 bits per heavy atom. The van der Waals surface area contributed by atoms with Gasteiger partial charge in [0.2, 0.25) is 10.0 Å². The maximum absolute atomic E-state index is 12.6. The van der Waals surface area contributed by atoms with Crippen molar-refractivity contribution in [2.24, 2.45) is 5.92 Å². The zero-order chi connectivity index (χ0) is 19.3. The first-order valence-electron chi connectivity index (χ1n) is 8.85. The Balaban J connectivity index is 1.63. The van der Waals surface area contributed by atoms with Gasteiger partial charge in [-0.1, -0.05) is 24.6 Å². The molecule has 27 heavy (non-hydrogen) atoms. The lowest BCUT2D eigenvalue weighted by molar-refractivity contribution is 0.0923. The summed E-state index contributed by atoms with van der Waals surface area (Å²) in [5, 5.41) is 2.98. The van der Waals surface area contributed by atoms with Gasteiger partial charge in [-0.05, 0) is 37.0 Å². The average Bonchev–Trinajstić information content (AvgIpc) is 3.07. The first kappa shape index (κ1) is 19.3. The molecular formula is C19H23N3O4S. The van der Waals surface area contributed by atoms with Crippen molar-refractivity contribution < 1.29 is 17.9 Å². The lowest BCUT2D eigenvalue weighted by Crippen LogP contribution is -2.42. The van der Waals surface area contributed by atoms with Crippen LogP contribution >= 0.6 is 0 Å². The summed E-state index contributed by atoms with van der Waals surface area (Å²) in [4.78, 5) is 16.7. The highest BCUT2D eigenvalue weighted by atomic mass is 32.2. The van der Waals surface area contributed by atoms with Crippen molar-refractivity contribution in [3.8, 4) is 11.5 Å². The van der Waals surface area contributed by atoms with Crippen LogP contribution < -0.4 is 14.8 Å². The quantitative estimate of drug-likeness (QED) is 0.757. The predicted molar refractivity (Wildman–Crippen MR) is 102 cm³/mol. The number of sulfonamides is 1. The number of hydrogen-bond donors (Lipinski definition) is 2. The Kier molecular flexibility index (Phi) is 6.08. The Morgan fingerprint density at radius 2 is 1.96 bits per heavy atom. The van der Waals surface area contributed by atoms with Gasteiger partial charge in [-0.2, -0.15) is 0 Å². The molecule has 1 aliphatic rings. The molecule has 144 valence electrons. The second-order valence-corrected chi connectivity index (χ2v) is 8.52. The van der Waals surface area contributed by atoms with E-state index in [0.717, 1.165) is 25.5 Å². The summed E-state index contributed by atoms with van der Waals surface area (Å²) in [5.41, 5.74) is 0.269. The Bertz CT molecular complexity index is 887. The number of benzene rings is 1. The van der Waals surface area contributed by atoms with Crippen LogP contribution in [0.5, 0.6) is 11.5 Å². The normalized spacial score (nSPS) is 19.6. The fourth-order valence-electron chi connectivity index (χ4n) is 3.20. The highest BCUT2D eigenvalue weighted by Gasteiger charge is 2.29. The van der Waals surface area contributed by atoms with Gasteiger partial charge in [-0.3, -0.25) is 9.78 Å². The van der Waals surface area contributed by atoms with Gasteiger partial charge in [0.15, 0.2) is 0 Å². The number of rotatable bonds is 7. The van der Waals surface area contributed by atoms with Crippen molar-refractivity contribution >= 4 is 15.9 Å². The van der Waals surface area contributed by atoms with Crippen LogP contribution in [0.1, 0.15) is 29.8 Å². The highest BCUT2D eigenvalue weighted by molar-refractivity contribution is 7.88. The van der Waals surface area contributed by atoms with Crippen LogP contribution in [0.3, 0.4) is 0 Å². The topological polar surface area (TPSA) is 97.4 Å². The molecular weight excluding hydrogens is 366 g/mol. The third-order valence-corrected chi connectivity index (χ3v) is 5.22. The minimum atomic E-state index is -3.24. The molecule has 1 fully saturated rings. The van der Waals surface area contributed by atoms with Gasteiger partial charge in [0.1, 0.15) is 17.2 Å². The van der Waals surface area contributed by atoms with Gasteiger partial charge >= 0.3 is 0 Å². The van der Waals surface area contributed by atoms with E-state index in [0.29, 0.717) is 18.0 Å². The van der Waals surface area contributed by atoms with Crippen LogP contribution in [-0.2, 0) is 10.0 Å². The van der Waals surface area contributed by atoms with Crippen LogP contribution in [0.2, 0.25) is 0 Å². The van der Waals surface area contributed by atoms with Crippen LogP contribution in [0.4, 0.5) is 0 Å². The number of ether oxygens (including phenoxy) is 1. The Hall–Kier alpha value is -2.45. The van der Waals surface area contributed by atoms with E-state index in [1.165, 1.54) is 6.20 Å². The SMILES string of the molecule is CS(=O)(=O)NCC1CCCC1NC(=O)c1cc(Oc2ccccc2)ccn1. The number of para-hydroxylation sites is 1. The van der Waals surface area contributed by atoms with Crippen molar-refractivity contribution in [3.63, 3.8) is 0 Å². The number of carbonyl (C=O) groups is 1. The van der Waals surface area contributed by atoms with Crippen LogP contribution in [0.25, 0.3) is 0 Å². The second kappa shape index (κ2) is 8.49. The van der Waals surface area contributed by atoms with Crippen LogP contribution in [-0.4, -0.2) is 38.2 Å². The van der Waals surface area contributed by atoms with E-state index in [1.807, 2.05) is 30.3 Å². The van der Waals surface area contributed by atoms with Gasteiger partial charge in [0.05, 0.1) is 6.26 Å². The molecule has 1 heterocycles. The van der Waals surface area contributed by atoms with Crippen molar-refractivity contribution in [3.05, 3.63) is 54.4 Å². The van der Waals surface area contributed by atoms with Gasteiger partial charge in [-0.15, -0.1) is 0 Å². The summed E-state index contributed by atoms with van der Waals surface area (Å²) in [7, 11) is -3.24. The molecule has 1 aromatic carbocycles. The maximum Gasteiger partial charge on any atom is 0.270 e. The number of pyridine rings is 1. The van der Waals surface area contributed by atoms with E-state index < -0.39 is 10.0 Å². The number of nitrogens with one attached hydrogen (secondary N) is 2. The van der Waals surface area contributed by atoms with E-state index in [-0.39, 0.29) is 23.6 Å². The summed E-state index contributed by atoms with van der Waals surface area (Å²) in [6.07, 6.45) is 5.31. The summed E-state index contributed by atoms with van der Waals surface area (Å²) in [5.74, 6) is 0.998. The zero-order valence-corrected chi connectivity index (χ0v) is 15.9. The third-order valence-electron chi connectivity index (χ3n) is 4.53. The fraction of sp³-hybridized carbons (Fsp3) is 0.368. The molecule has 1 amide bonds. The minimum Gasteiger partial charge on any atom is -0.457 e. The lowest BCUT2D eigenvalue weighted by atomic mass is 10.0. The molecule has 1 saturated carbocycles. The molecule has 2 aromatic rings. The standard InChI is InChI=1S/C19H23N3O4S/c1-27(24,25)21-13-14-6-5-9-17(14)22-19(23)18-12-16(10-11-20-18)26-15-7-3-2-4-8-15/h2-4,7-8,10-12,14,17,21H,5-6,9,13H2,1H3,(H,22,23). The zero-order valence-electron chi connectivity index (χ0n) is 15.1. The first-order valence-corrected chi connectivity index (χ1v) is 10.7. The number of amides is 1. The van der Waals surface area contributed by atoms with Crippen LogP contribution in [0, 0.1) is 5.92 Å². The summed E-state index contributed by atoms with van der Waals surface area (Å²) >= 11 is 0. The van der Waals surface area contributed by atoms with Gasteiger partial charge in [-0.25, -0.2) is 13.1 Å². The van der Waals surface area contributed by atoms with Crippen molar-refractivity contribution in [2.75, 3.05) is 12.8 Å². The van der Waals surface area contributed by atoms with Crippen molar-refractivity contribution in [1.29, 1.82) is 0 Å². The fourth-order valence-corrected chi connectivity index (χ4v) is 3.71. The molecule has 0 spiro atoms. The molecule has 2 N–H and O–H groups in total. The minimum absolute atomic E-state index is 0.0763. The number of carbonyl (C=O) groups excluding carboxylic acids is 1. The van der Waals surface area contributed by atoms with Crippen molar-refractivity contribution in [1.82, 2.24) is 15.0 Å². The second-order valence-electron chi connectivity index (χ2n) is 6.68. The molecule has 0 bridgehead atoms. The molecule has 3 rings (SSSR count). The summed E-state index contributed by atoms with van der Waals surface area (Å²) in [6, 6.07) is 12.5. The highest BCUT2D eigenvalue weighted by Crippen LogP contribution is 2.26. The van der Waals surface area contributed by atoms with Gasteiger partial charge in [0.25, 0.3) is 5.91 Å². The molecule has 1 aromatic heterocycles. The van der Waals surface area contributed by atoms with E-state index in [4.69, 9.17) is 4.74 Å². The summed E-state index contributed by atoms with van der Waals surface area (Å²) in [6.45, 7) is 0.328. The molecule has 0 aliphatic heterocycles. The molecule has 2 unspecified atom stereocenters. The molecule has 8 heteroatoms. The Morgan fingerprint density at radius 3 is 2.70 bits per heavy atom. The smallest absolute Gasteiger partial charge is 0.270 e. The molecule has 0 radical (unpaired) electrons. The van der Waals surface area contributed by atoms with Crippen molar-refractivity contribution in [2.45, 2.75) is 25.3 Å². The predicted octanol–water partition coefficient (Wildman–Crippen LogP) is 2.32. The lowest BCUT2D eigenvalue weighted by Gasteiger charge is -2.21. The number of nitrogens with zero attached hydrogens (tertiary/aromatic N) is 1. The summed E-state index contributed by atoms with van der Waals surface area (Å²) < 4.78 is 30.9. The number of aromatic nitrogens is 1.